The van der Waals surface area contributed by atoms with Crippen LogP contribution in [0.3, 0.4) is 0 Å². The van der Waals surface area contributed by atoms with Gasteiger partial charge in [0.25, 0.3) is 0 Å². The van der Waals surface area contributed by atoms with E-state index in [4.69, 9.17) is 4.98 Å². The van der Waals surface area contributed by atoms with E-state index < -0.39 is 0 Å². The van der Waals surface area contributed by atoms with Crippen molar-refractivity contribution in [3.05, 3.63) is 53.9 Å². The van der Waals surface area contributed by atoms with Crippen molar-refractivity contribution in [2.24, 2.45) is 0 Å². The summed E-state index contributed by atoms with van der Waals surface area (Å²) in [4.78, 5) is 20.9. The van der Waals surface area contributed by atoms with E-state index in [0.717, 1.165) is 41.4 Å². The first-order valence-electron chi connectivity index (χ1n) is 11.2. The van der Waals surface area contributed by atoms with Crippen LogP contribution in [0.15, 0.2) is 42.7 Å². The molecule has 0 unspecified atom stereocenters. The lowest BCUT2D eigenvalue weighted by Crippen LogP contribution is -2.44. The summed E-state index contributed by atoms with van der Waals surface area (Å²) in [6.45, 7) is 6.50. The summed E-state index contributed by atoms with van der Waals surface area (Å²) in [5.74, 6) is 1.52. The van der Waals surface area contributed by atoms with Gasteiger partial charge in [0.1, 0.15) is 5.82 Å². The third-order valence-corrected chi connectivity index (χ3v) is 6.73. The maximum atomic E-state index is 4.79. The second-order valence-corrected chi connectivity index (χ2v) is 9.29. The monoisotopic (exact) mass is 429 g/mol. The Labute approximate surface area is 190 Å². The van der Waals surface area contributed by atoms with E-state index in [1.54, 1.807) is 0 Å². The van der Waals surface area contributed by atoms with Gasteiger partial charge < -0.3 is 15.1 Å². The highest BCUT2D eigenvalue weighted by Gasteiger charge is 2.41. The van der Waals surface area contributed by atoms with Gasteiger partial charge in [-0.25, -0.2) is 15.0 Å². The van der Waals surface area contributed by atoms with E-state index in [2.05, 4.69) is 63.3 Å². The average Bonchev–Trinajstić information content (AvgIpc) is 3.35. The zero-order valence-corrected chi connectivity index (χ0v) is 19.5. The second kappa shape index (κ2) is 8.06. The summed E-state index contributed by atoms with van der Waals surface area (Å²) < 4.78 is 0. The fourth-order valence-corrected chi connectivity index (χ4v) is 4.93. The predicted octanol–water partition coefficient (Wildman–Crippen LogP) is 3.86. The minimum atomic E-state index is 0.594. The van der Waals surface area contributed by atoms with E-state index in [-0.39, 0.29) is 0 Å². The Balaban J connectivity index is 1.35. The van der Waals surface area contributed by atoms with Crippen molar-refractivity contribution in [1.29, 1.82) is 0 Å². The van der Waals surface area contributed by atoms with Gasteiger partial charge in [-0.05, 0) is 68.8 Å². The number of piperazine rings is 1. The van der Waals surface area contributed by atoms with Crippen LogP contribution in [0.1, 0.15) is 17.5 Å². The molecule has 32 heavy (non-hydrogen) atoms. The lowest BCUT2D eigenvalue weighted by Gasteiger charge is -2.34. The van der Waals surface area contributed by atoms with Crippen molar-refractivity contribution >= 4 is 23.1 Å². The van der Waals surface area contributed by atoms with E-state index in [0.29, 0.717) is 18.0 Å². The average molecular weight is 430 g/mol. The second-order valence-electron chi connectivity index (χ2n) is 9.29. The molecule has 2 aromatic heterocycles. The molecule has 7 nitrogen and oxygen atoms in total. The molecule has 2 saturated heterocycles. The number of aromatic nitrogens is 3. The van der Waals surface area contributed by atoms with Crippen LogP contribution < -0.4 is 15.1 Å². The van der Waals surface area contributed by atoms with Crippen LogP contribution in [0.2, 0.25) is 0 Å². The van der Waals surface area contributed by atoms with Gasteiger partial charge in [-0.2, -0.15) is 0 Å². The summed E-state index contributed by atoms with van der Waals surface area (Å²) in [5, 5.41) is 3.39. The van der Waals surface area contributed by atoms with E-state index in [9.17, 15) is 0 Å². The summed E-state index contributed by atoms with van der Waals surface area (Å²) >= 11 is 0. The summed E-state index contributed by atoms with van der Waals surface area (Å²) in [6, 6.07) is 12.0. The first-order chi connectivity index (χ1) is 15.4. The maximum absolute atomic E-state index is 4.79. The molecule has 0 aliphatic carbocycles. The van der Waals surface area contributed by atoms with Crippen molar-refractivity contribution in [1.82, 2.24) is 19.9 Å². The fraction of sp³-hybridized carbons (Fsp3) is 0.400. The number of nitrogens with one attached hydrogen (secondary N) is 1. The molecular weight excluding hydrogens is 398 g/mol. The molecule has 2 atom stereocenters. The van der Waals surface area contributed by atoms with Crippen LogP contribution in [0.5, 0.6) is 0 Å². The number of nitrogens with zero attached hydrogens (tertiary/aromatic N) is 6. The number of likely N-dealkylation sites (N-methyl/N-ethyl adjacent to an activating group) is 1. The van der Waals surface area contributed by atoms with E-state index >= 15 is 0 Å². The Kier molecular flexibility index (Phi) is 5.21. The number of hydrogen-bond acceptors (Lipinski definition) is 7. The number of fused-ring (bicyclic) bond motifs is 2. The van der Waals surface area contributed by atoms with Crippen LogP contribution in [0.25, 0.3) is 11.3 Å². The third kappa shape index (κ3) is 3.77. The predicted molar refractivity (Wildman–Crippen MR) is 131 cm³/mol. The highest BCUT2D eigenvalue weighted by Crippen LogP contribution is 2.36. The highest BCUT2D eigenvalue weighted by atomic mass is 15.3. The van der Waals surface area contributed by atoms with Gasteiger partial charge in [0.05, 0.1) is 5.69 Å². The van der Waals surface area contributed by atoms with Crippen LogP contribution in [0.4, 0.5) is 23.1 Å². The fourth-order valence-electron chi connectivity index (χ4n) is 4.93. The molecule has 2 aliphatic heterocycles. The van der Waals surface area contributed by atoms with Crippen molar-refractivity contribution in [2.75, 3.05) is 49.3 Å². The highest BCUT2D eigenvalue weighted by molar-refractivity contribution is 5.67. The number of benzene rings is 1. The minimum absolute atomic E-state index is 0.594. The number of pyridine rings is 1. The van der Waals surface area contributed by atoms with Gasteiger partial charge in [-0.15, -0.1) is 0 Å². The number of likely N-dealkylation sites (tertiary alicyclic amines) is 1. The Hall–Kier alpha value is -3.19. The quantitative estimate of drug-likeness (QED) is 0.661. The van der Waals surface area contributed by atoms with Crippen LogP contribution >= 0.6 is 0 Å². The van der Waals surface area contributed by atoms with Crippen molar-refractivity contribution in [3.8, 4) is 11.3 Å². The lowest BCUT2D eigenvalue weighted by molar-refractivity contribution is 0.292. The molecule has 166 valence electrons. The largest absolute Gasteiger partial charge is 0.365 e. The number of aryl methyl sites for hydroxylation is 2. The molecule has 2 fully saturated rings. The zero-order chi connectivity index (χ0) is 22.4. The SMILES string of the molecule is Cc1cc(Nc2ncc(C)c(-c3ccc(N(C)C)nc3)n2)ccc1N1C[C@@H]2C[C@@H]1CN2C. The van der Waals surface area contributed by atoms with E-state index in [1.807, 2.05) is 44.4 Å². The van der Waals surface area contributed by atoms with Gasteiger partial charge in [0.15, 0.2) is 0 Å². The van der Waals surface area contributed by atoms with Crippen LogP contribution in [-0.2, 0) is 0 Å². The number of hydrogen-bond donors (Lipinski definition) is 1. The molecule has 4 heterocycles. The number of rotatable bonds is 5. The minimum Gasteiger partial charge on any atom is -0.365 e. The molecule has 3 aromatic rings. The van der Waals surface area contributed by atoms with E-state index in [1.165, 1.54) is 17.7 Å². The van der Waals surface area contributed by atoms with Gasteiger partial charge in [0.2, 0.25) is 5.95 Å². The summed E-state index contributed by atoms with van der Waals surface area (Å²) in [6.07, 6.45) is 5.01. The van der Waals surface area contributed by atoms with Crippen LogP contribution in [-0.4, -0.2) is 66.2 Å². The molecule has 1 aromatic carbocycles. The van der Waals surface area contributed by atoms with Crippen molar-refractivity contribution in [2.45, 2.75) is 32.4 Å². The van der Waals surface area contributed by atoms with Crippen molar-refractivity contribution in [3.63, 3.8) is 0 Å². The standard InChI is InChI=1S/C25H31N7/c1-16-10-19(7-8-22(16)32-15-20-11-21(32)14-31(20)5)28-25-27-12-17(2)24(29-25)18-6-9-23(26-13-18)30(3)4/h6-10,12-13,20-21H,11,14-15H2,1-5H3,(H,27,28,29)/t20-,21+/m0/s1. The normalized spacial score (nSPS) is 20.1. The molecule has 1 N–H and O–H groups in total. The molecular formula is C25H31N7. The molecule has 0 saturated carbocycles. The molecule has 0 radical (unpaired) electrons. The molecule has 0 spiro atoms. The molecule has 5 rings (SSSR count). The lowest BCUT2D eigenvalue weighted by atomic mass is 10.1. The maximum Gasteiger partial charge on any atom is 0.227 e. The summed E-state index contributed by atoms with van der Waals surface area (Å²) in [5.41, 5.74) is 6.53. The zero-order valence-electron chi connectivity index (χ0n) is 19.5. The van der Waals surface area contributed by atoms with Gasteiger partial charge in [-0.3, -0.25) is 4.90 Å². The smallest absolute Gasteiger partial charge is 0.227 e. The Morgan fingerprint density at radius 2 is 1.81 bits per heavy atom. The molecule has 2 bridgehead atoms. The Morgan fingerprint density at radius 3 is 2.44 bits per heavy atom. The van der Waals surface area contributed by atoms with Gasteiger partial charge in [0, 0.05) is 68.6 Å². The molecule has 7 heteroatoms. The van der Waals surface area contributed by atoms with Crippen molar-refractivity contribution < 1.29 is 0 Å². The first-order valence-corrected chi connectivity index (χ1v) is 11.2. The Bertz CT molecular complexity index is 1120. The van der Waals surface area contributed by atoms with Gasteiger partial charge in [-0.1, -0.05) is 0 Å². The Morgan fingerprint density at radius 1 is 0.969 bits per heavy atom. The van der Waals surface area contributed by atoms with Crippen LogP contribution in [0, 0.1) is 13.8 Å². The number of anilines is 4. The summed E-state index contributed by atoms with van der Waals surface area (Å²) in [7, 11) is 6.21. The van der Waals surface area contributed by atoms with Gasteiger partial charge >= 0.3 is 0 Å². The molecule has 0 amide bonds. The first kappa shape index (κ1) is 20.7. The topological polar surface area (TPSA) is 60.4 Å². The third-order valence-electron chi connectivity index (χ3n) is 6.73. The molecule has 2 aliphatic rings.